The van der Waals surface area contributed by atoms with E-state index in [1.165, 1.54) is 4.90 Å². The van der Waals surface area contributed by atoms with Crippen LogP contribution in [0.3, 0.4) is 0 Å². The molecule has 0 saturated heterocycles. The number of nitrogens with two attached hydrogens (primary N) is 1. The molecule has 3 atom stereocenters. The Bertz CT molecular complexity index is 908. The number of nitrogens with zero attached hydrogens (tertiary/aromatic N) is 1. The molecule has 3 rings (SSSR count). The third kappa shape index (κ3) is 4.38. The van der Waals surface area contributed by atoms with Crippen molar-refractivity contribution in [3.8, 4) is 5.75 Å². The summed E-state index contributed by atoms with van der Waals surface area (Å²) in [5.74, 6) is -1.55. The number of carbonyl (C=O) groups excluding carboxylic acids is 1. The summed E-state index contributed by atoms with van der Waals surface area (Å²) in [5, 5.41) is 19.4. The van der Waals surface area contributed by atoms with Crippen molar-refractivity contribution >= 4 is 24.3 Å². The van der Waals surface area contributed by atoms with E-state index in [0.717, 1.165) is 27.8 Å². The Morgan fingerprint density at radius 3 is 2.24 bits per heavy atom. The zero-order chi connectivity index (χ0) is 20.6. The van der Waals surface area contributed by atoms with Crippen molar-refractivity contribution in [1.29, 1.82) is 0 Å². The van der Waals surface area contributed by atoms with Crippen LogP contribution in [0.4, 0.5) is 0 Å². The highest BCUT2D eigenvalue weighted by molar-refractivity contribution is 5.88. The average Bonchev–Trinajstić information content (AvgIpc) is 2.64. The van der Waals surface area contributed by atoms with Crippen molar-refractivity contribution in [2.45, 2.75) is 51.7 Å². The molecule has 0 radical (unpaired) electrons. The number of hydrogen-bond donors (Lipinski definition) is 3. The van der Waals surface area contributed by atoms with Gasteiger partial charge in [-0.25, -0.2) is 4.79 Å². The number of carbonyl (C=O) groups is 2. The van der Waals surface area contributed by atoms with Gasteiger partial charge in [0.2, 0.25) is 5.91 Å². The number of hydrogen-bond acceptors (Lipinski definition) is 4. The summed E-state index contributed by atoms with van der Waals surface area (Å²) in [4.78, 5) is 26.4. The summed E-state index contributed by atoms with van der Waals surface area (Å²) >= 11 is 0. The Hall–Kier alpha value is -2.57. The summed E-state index contributed by atoms with van der Waals surface area (Å²) in [6, 6.07) is 9.06. The molecule has 0 aromatic heterocycles. The minimum atomic E-state index is -1.03. The monoisotopic (exact) mass is 418 g/mol. The van der Waals surface area contributed by atoms with E-state index in [2.05, 4.69) is 0 Å². The summed E-state index contributed by atoms with van der Waals surface area (Å²) in [6.45, 7) is 5.84. The minimum Gasteiger partial charge on any atom is -0.508 e. The van der Waals surface area contributed by atoms with E-state index in [-0.39, 0.29) is 42.9 Å². The van der Waals surface area contributed by atoms with Crippen LogP contribution in [0, 0.1) is 13.8 Å². The molecule has 29 heavy (non-hydrogen) atoms. The molecule has 0 unspecified atom stereocenters. The zero-order valence-corrected chi connectivity index (χ0v) is 17.6. The maximum atomic E-state index is 13.2. The van der Waals surface area contributed by atoms with Crippen LogP contribution < -0.4 is 5.73 Å². The molecule has 1 amide bonds. The third-order valence-electron chi connectivity index (χ3n) is 5.67. The Morgan fingerprint density at radius 1 is 1.14 bits per heavy atom. The molecular weight excluding hydrogens is 392 g/mol. The van der Waals surface area contributed by atoms with Crippen molar-refractivity contribution in [2.75, 3.05) is 0 Å². The summed E-state index contributed by atoms with van der Waals surface area (Å²) in [7, 11) is 0. The highest BCUT2D eigenvalue weighted by Gasteiger charge is 2.38. The molecule has 6 nitrogen and oxygen atoms in total. The van der Waals surface area contributed by atoms with Gasteiger partial charge < -0.3 is 20.8 Å². The molecule has 0 saturated carbocycles. The van der Waals surface area contributed by atoms with Crippen LogP contribution in [0.2, 0.25) is 0 Å². The second-order valence-electron chi connectivity index (χ2n) is 7.60. The highest BCUT2D eigenvalue weighted by atomic mass is 35.5. The number of phenols is 1. The van der Waals surface area contributed by atoms with E-state index in [1.54, 1.807) is 12.1 Å². The molecule has 1 aliphatic rings. The van der Waals surface area contributed by atoms with E-state index < -0.39 is 18.1 Å². The largest absolute Gasteiger partial charge is 0.508 e. The Balaban J connectivity index is 0.00000300. The lowest BCUT2D eigenvalue weighted by Crippen LogP contribution is -2.55. The third-order valence-corrected chi connectivity index (χ3v) is 5.67. The molecule has 156 valence electrons. The van der Waals surface area contributed by atoms with Crippen LogP contribution in [0.5, 0.6) is 5.75 Å². The van der Waals surface area contributed by atoms with Gasteiger partial charge in [0, 0.05) is 18.9 Å². The lowest BCUT2D eigenvalue weighted by molar-refractivity contribution is -0.152. The number of benzene rings is 2. The Labute approximate surface area is 176 Å². The van der Waals surface area contributed by atoms with Crippen molar-refractivity contribution in [3.63, 3.8) is 0 Å². The number of carboxylic acid groups (broad SMARTS) is 1. The number of carboxylic acids is 1. The second kappa shape index (κ2) is 8.84. The average molecular weight is 419 g/mol. The summed E-state index contributed by atoms with van der Waals surface area (Å²) < 4.78 is 0. The number of fused-ring (bicyclic) bond motifs is 1. The van der Waals surface area contributed by atoms with Crippen LogP contribution in [-0.2, 0) is 22.6 Å². The van der Waals surface area contributed by atoms with Gasteiger partial charge in [0.1, 0.15) is 11.8 Å². The van der Waals surface area contributed by atoms with Gasteiger partial charge in [-0.3, -0.25) is 4.79 Å². The van der Waals surface area contributed by atoms with Gasteiger partial charge >= 0.3 is 5.97 Å². The lowest BCUT2D eigenvalue weighted by Gasteiger charge is -2.37. The van der Waals surface area contributed by atoms with E-state index in [0.29, 0.717) is 0 Å². The fraction of sp³-hybridized carbons (Fsp3) is 0.364. The summed E-state index contributed by atoms with van der Waals surface area (Å²) in [6.07, 6.45) is 0.273. The van der Waals surface area contributed by atoms with Gasteiger partial charge in [0.05, 0.1) is 6.04 Å². The SMILES string of the molecule is Cc1cc(O)cc(C)c1[C@H](C)[C@@H](N)C(=O)N1Cc2ccccc2C[C@H]1C(=O)O.Cl. The first-order valence-corrected chi connectivity index (χ1v) is 9.36. The molecular formula is C22H27ClN2O4. The first kappa shape index (κ1) is 22.7. The minimum absolute atomic E-state index is 0. The molecule has 1 heterocycles. The Kier molecular flexibility index (Phi) is 6.93. The van der Waals surface area contributed by atoms with Crippen molar-refractivity contribution < 1.29 is 19.8 Å². The number of halogens is 1. The van der Waals surface area contributed by atoms with Gasteiger partial charge in [0.15, 0.2) is 0 Å². The fourth-order valence-electron chi connectivity index (χ4n) is 4.23. The van der Waals surface area contributed by atoms with E-state index in [9.17, 15) is 19.8 Å². The van der Waals surface area contributed by atoms with E-state index in [4.69, 9.17) is 5.73 Å². The molecule has 2 aromatic rings. The molecule has 0 spiro atoms. The normalized spacial score (nSPS) is 17.7. The van der Waals surface area contributed by atoms with Crippen molar-refractivity contribution in [3.05, 3.63) is 64.2 Å². The zero-order valence-electron chi connectivity index (χ0n) is 16.8. The summed E-state index contributed by atoms with van der Waals surface area (Å²) in [5.41, 5.74) is 10.8. The van der Waals surface area contributed by atoms with Gasteiger partial charge in [-0.05, 0) is 53.8 Å². The van der Waals surface area contributed by atoms with Crippen molar-refractivity contribution in [2.24, 2.45) is 5.73 Å². The number of aliphatic carboxylic acids is 1. The second-order valence-corrected chi connectivity index (χ2v) is 7.60. The number of phenolic OH excluding ortho intramolecular Hbond substituents is 1. The standard InChI is InChI=1S/C22H26N2O4.ClH/c1-12-8-17(25)9-13(2)19(12)14(3)20(23)21(26)24-11-16-7-5-4-6-15(16)10-18(24)22(27)28;/h4-9,14,18,20,25H,10-11,23H2,1-3H3,(H,27,28);1H/t14-,18-,20+;/m0./s1. The molecule has 4 N–H and O–H groups in total. The predicted octanol–water partition coefficient (Wildman–Crippen LogP) is 2.90. The molecule has 0 aliphatic carbocycles. The van der Waals surface area contributed by atoms with Crippen LogP contribution in [0.15, 0.2) is 36.4 Å². The maximum absolute atomic E-state index is 13.2. The first-order valence-electron chi connectivity index (χ1n) is 9.36. The van der Waals surface area contributed by atoms with Gasteiger partial charge in [0.25, 0.3) is 0 Å². The number of rotatable bonds is 4. The number of aromatic hydroxyl groups is 1. The smallest absolute Gasteiger partial charge is 0.326 e. The van der Waals surface area contributed by atoms with Crippen LogP contribution in [-0.4, -0.2) is 39.1 Å². The first-order chi connectivity index (χ1) is 13.2. The molecule has 0 fully saturated rings. The molecule has 1 aliphatic heterocycles. The van der Waals surface area contributed by atoms with Gasteiger partial charge in [-0.1, -0.05) is 31.2 Å². The Morgan fingerprint density at radius 2 is 1.69 bits per heavy atom. The molecule has 0 bridgehead atoms. The van der Waals surface area contributed by atoms with Crippen LogP contribution in [0.25, 0.3) is 0 Å². The van der Waals surface area contributed by atoms with E-state index >= 15 is 0 Å². The van der Waals surface area contributed by atoms with Gasteiger partial charge in [-0.2, -0.15) is 0 Å². The highest BCUT2D eigenvalue weighted by Crippen LogP contribution is 2.31. The fourth-order valence-corrected chi connectivity index (χ4v) is 4.23. The molecule has 2 aromatic carbocycles. The van der Waals surface area contributed by atoms with E-state index in [1.807, 2.05) is 45.0 Å². The predicted molar refractivity (Wildman–Crippen MR) is 113 cm³/mol. The van der Waals surface area contributed by atoms with Crippen LogP contribution >= 0.6 is 12.4 Å². The lowest BCUT2D eigenvalue weighted by atomic mass is 9.85. The number of amides is 1. The maximum Gasteiger partial charge on any atom is 0.326 e. The van der Waals surface area contributed by atoms with Crippen LogP contribution in [0.1, 0.15) is 40.7 Å². The number of aryl methyl sites for hydroxylation is 2. The quantitative estimate of drug-likeness (QED) is 0.708. The van der Waals surface area contributed by atoms with Crippen molar-refractivity contribution in [1.82, 2.24) is 4.90 Å². The molecule has 7 heteroatoms. The van der Waals surface area contributed by atoms with Gasteiger partial charge in [-0.15, -0.1) is 12.4 Å². The topological polar surface area (TPSA) is 104 Å².